The van der Waals surface area contributed by atoms with Crippen molar-refractivity contribution in [2.75, 3.05) is 0 Å². The predicted octanol–water partition coefficient (Wildman–Crippen LogP) is 3.16. The van der Waals surface area contributed by atoms with Crippen LogP contribution in [-0.2, 0) is 13.0 Å². The number of benzene rings is 2. The summed E-state index contributed by atoms with van der Waals surface area (Å²) < 4.78 is 0. The second kappa shape index (κ2) is 4.30. The minimum atomic E-state index is 0.0424. The molecule has 0 aromatic heterocycles. The summed E-state index contributed by atoms with van der Waals surface area (Å²) in [6.07, 6.45) is 1.00. The molecule has 3 rings (SSSR count). The van der Waals surface area contributed by atoms with E-state index in [1.165, 1.54) is 16.7 Å². The van der Waals surface area contributed by atoms with Crippen molar-refractivity contribution in [2.45, 2.75) is 19.9 Å². The number of carbonyl (C=O) groups is 1. The molecule has 18 heavy (non-hydrogen) atoms. The summed E-state index contributed by atoms with van der Waals surface area (Å²) in [5, 5.41) is 2.89. The molecule has 0 unspecified atom stereocenters. The van der Waals surface area contributed by atoms with Crippen molar-refractivity contribution >= 4 is 5.91 Å². The van der Waals surface area contributed by atoms with E-state index in [0.29, 0.717) is 6.54 Å². The summed E-state index contributed by atoms with van der Waals surface area (Å²) >= 11 is 0. The molecule has 2 aromatic carbocycles. The highest BCUT2D eigenvalue weighted by molar-refractivity contribution is 6.00. The van der Waals surface area contributed by atoms with Crippen molar-refractivity contribution in [3.05, 3.63) is 59.2 Å². The van der Waals surface area contributed by atoms with Crippen molar-refractivity contribution in [3.63, 3.8) is 0 Å². The summed E-state index contributed by atoms with van der Waals surface area (Å²) in [6, 6.07) is 14.4. The SMILES string of the molecule is CCc1ccccc1-c1cccc2c1CNC2=O. The van der Waals surface area contributed by atoms with Crippen LogP contribution in [0.4, 0.5) is 0 Å². The van der Waals surface area contributed by atoms with Crippen molar-refractivity contribution in [1.82, 2.24) is 5.32 Å². The summed E-state index contributed by atoms with van der Waals surface area (Å²) in [5.41, 5.74) is 5.70. The first kappa shape index (κ1) is 11.0. The van der Waals surface area contributed by atoms with Gasteiger partial charge in [0, 0.05) is 12.1 Å². The zero-order valence-electron chi connectivity index (χ0n) is 10.4. The minimum absolute atomic E-state index is 0.0424. The van der Waals surface area contributed by atoms with Gasteiger partial charge in [-0.05, 0) is 34.7 Å². The molecule has 2 nitrogen and oxygen atoms in total. The first-order valence-corrected chi connectivity index (χ1v) is 6.29. The molecule has 2 heteroatoms. The molecule has 90 valence electrons. The van der Waals surface area contributed by atoms with Crippen LogP contribution >= 0.6 is 0 Å². The van der Waals surface area contributed by atoms with Crippen LogP contribution in [0.5, 0.6) is 0 Å². The van der Waals surface area contributed by atoms with Gasteiger partial charge in [-0.3, -0.25) is 4.79 Å². The highest BCUT2D eigenvalue weighted by Gasteiger charge is 2.22. The second-order valence-electron chi connectivity index (χ2n) is 4.53. The largest absolute Gasteiger partial charge is 0.348 e. The first-order valence-electron chi connectivity index (χ1n) is 6.29. The van der Waals surface area contributed by atoms with Crippen molar-refractivity contribution in [3.8, 4) is 11.1 Å². The van der Waals surface area contributed by atoms with Crippen LogP contribution < -0.4 is 5.32 Å². The Morgan fingerprint density at radius 1 is 1.00 bits per heavy atom. The Morgan fingerprint density at radius 3 is 2.56 bits per heavy atom. The fraction of sp³-hybridized carbons (Fsp3) is 0.188. The number of aryl methyl sites for hydroxylation is 1. The maximum absolute atomic E-state index is 11.7. The molecule has 0 atom stereocenters. The molecule has 1 aliphatic heterocycles. The van der Waals surface area contributed by atoms with Crippen LogP contribution in [0.2, 0.25) is 0 Å². The van der Waals surface area contributed by atoms with Gasteiger partial charge in [0.05, 0.1) is 0 Å². The molecule has 0 radical (unpaired) electrons. The molecule has 1 aliphatic rings. The smallest absolute Gasteiger partial charge is 0.251 e. The summed E-state index contributed by atoms with van der Waals surface area (Å²) in [4.78, 5) is 11.7. The van der Waals surface area contributed by atoms with Crippen LogP contribution in [0.3, 0.4) is 0 Å². The van der Waals surface area contributed by atoms with Gasteiger partial charge in [-0.2, -0.15) is 0 Å². The van der Waals surface area contributed by atoms with E-state index in [9.17, 15) is 4.79 Å². The van der Waals surface area contributed by atoms with Gasteiger partial charge in [0.2, 0.25) is 0 Å². The third-order valence-corrected chi connectivity index (χ3v) is 3.53. The average Bonchev–Trinajstić information content (AvgIpc) is 2.81. The van der Waals surface area contributed by atoms with Crippen LogP contribution in [0.15, 0.2) is 42.5 Å². The second-order valence-corrected chi connectivity index (χ2v) is 4.53. The zero-order chi connectivity index (χ0) is 12.5. The maximum atomic E-state index is 11.7. The molecule has 0 saturated heterocycles. The molecule has 1 heterocycles. The molecule has 0 spiro atoms. The van der Waals surface area contributed by atoms with Gasteiger partial charge in [0.25, 0.3) is 5.91 Å². The lowest BCUT2D eigenvalue weighted by Crippen LogP contribution is -2.12. The standard InChI is InChI=1S/C16H15NO/c1-2-11-6-3-4-7-12(11)13-8-5-9-14-15(13)10-17-16(14)18/h3-9H,2,10H2,1H3,(H,17,18). The Kier molecular flexibility index (Phi) is 2.63. The van der Waals surface area contributed by atoms with E-state index < -0.39 is 0 Å². The van der Waals surface area contributed by atoms with E-state index in [0.717, 1.165) is 17.5 Å². The van der Waals surface area contributed by atoms with Gasteiger partial charge >= 0.3 is 0 Å². The molecule has 0 saturated carbocycles. The first-order chi connectivity index (χ1) is 8.81. The number of carbonyl (C=O) groups excluding carboxylic acids is 1. The summed E-state index contributed by atoms with van der Waals surface area (Å²) in [7, 11) is 0. The quantitative estimate of drug-likeness (QED) is 0.854. The molecule has 0 aliphatic carbocycles. The third-order valence-electron chi connectivity index (χ3n) is 3.53. The van der Waals surface area contributed by atoms with Gasteiger partial charge in [-0.15, -0.1) is 0 Å². The number of nitrogens with one attached hydrogen (secondary N) is 1. The van der Waals surface area contributed by atoms with Crippen LogP contribution in [-0.4, -0.2) is 5.91 Å². The lowest BCUT2D eigenvalue weighted by atomic mass is 9.93. The molecular formula is C16H15NO. The number of amides is 1. The van der Waals surface area contributed by atoms with E-state index in [-0.39, 0.29) is 5.91 Å². The normalized spacial score (nSPS) is 13.3. The molecule has 1 amide bonds. The Labute approximate surface area is 107 Å². The average molecular weight is 237 g/mol. The number of hydrogen-bond acceptors (Lipinski definition) is 1. The Hall–Kier alpha value is -2.09. The van der Waals surface area contributed by atoms with Gasteiger partial charge in [0.1, 0.15) is 0 Å². The molecule has 2 aromatic rings. The van der Waals surface area contributed by atoms with Gasteiger partial charge < -0.3 is 5.32 Å². The lowest BCUT2D eigenvalue weighted by molar-refractivity contribution is 0.0966. The Morgan fingerprint density at radius 2 is 1.72 bits per heavy atom. The number of hydrogen-bond donors (Lipinski definition) is 1. The van der Waals surface area contributed by atoms with Gasteiger partial charge in [-0.25, -0.2) is 0 Å². The topological polar surface area (TPSA) is 29.1 Å². The maximum Gasteiger partial charge on any atom is 0.251 e. The van der Waals surface area contributed by atoms with Crippen LogP contribution in [0.25, 0.3) is 11.1 Å². The minimum Gasteiger partial charge on any atom is -0.348 e. The van der Waals surface area contributed by atoms with Crippen molar-refractivity contribution in [2.24, 2.45) is 0 Å². The monoisotopic (exact) mass is 237 g/mol. The van der Waals surface area contributed by atoms with Crippen LogP contribution in [0, 0.1) is 0 Å². The predicted molar refractivity (Wildman–Crippen MR) is 72.4 cm³/mol. The third kappa shape index (κ3) is 1.61. The van der Waals surface area contributed by atoms with E-state index in [2.05, 4.69) is 42.6 Å². The molecule has 0 fully saturated rings. The van der Waals surface area contributed by atoms with E-state index >= 15 is 0 Å². The summed E-state index contributed by atoms with van der Waals surface area (Å²) in [5.74, 6) is 0.0424. The highest BCUT2D eigenvalue weighted by atomic mass is 16.1. The molecular weight excluding hydrogens is 222 g/mol. The van der Waals surface area contributed by atoms with E-state index in [1.54, 1.807) is 0 Å². The van der Waals surface area contributed by atoms with E-state index in [4.69, 9.17) is 0 Å². The fourth-order valence-electron chi connectivity index (χ4n) is 2.60. The Bertz CT molecular complexity index is 616. The summed E-state index contributed by atoms with van der Waals surface area (Å²) in [6.45, 7) is 2.80. The Balaban J connectivity index is 2.22. The van der Waals surface area contributed by atoms with Gasteiger partial charge in [0.15, 0.2) is 0 Å². The highest BCUT2D eigenvalue weighted by Crippen LogP contribution is 2.31. The molecule has 0 bridgehead atoms. The number of fused-ring (bicyclic) bond motifs is 1. The zero-order valence-corrected chi connectivity index (χ0v) is 10.4. The van der Waals surface area contributed by atoms with Crippen LogP contribution in [0.1, 0.15) is 28.4 Å². The van der Waals surface area contributed by atoms with E-state index in [1.807, 2.05) is 12.1 Å². The van der Waals surface area contributed by atoms with Crippen molar-refractivity contribution < 1.29 is 4.79 Å². The fourth-order valence-corrected chi connectivity index (χ4v) is 2.60. The lowest BCUT2D eigenvalue weighted by Gasteiger charge is -2.11. The number of rotatable bonds is 2. The molecule has 1 N–H and O–H groups in total. The van der Waals surface area contributed by atoms with Crippen molar-refractivity contribution in [1.29, 1.82) is 0 Å². The van der Waals surface area contributed by atoms with Gasteiger partial charge in [-0.1, -0.05) is 43.3 Å².